The van der Waals surface area contributed by atoms with Crippen molar-refractivity contribution < 1.29 is 4.39 Å². The topological polar surface area (TPSA) is 23.8 Å². The zero-order valence-corrected chi connectivity index (χ0v) is 8.12. The van der Waals surface area contributed by atoms with Crippen molar-refractivity contribution in [1.29, 1.82) is 5.26 Å². The number of benzene rings is 1. The van der Waals surface area contributed by atoms with Crippen LogP contribution in [0.2, 0.25) is 0 Å². The fourth-order valence-corrected chi connectivity index (χ4v) is 2.17. The Morgan fingerprint density at radius 3 is 2.92 bits per heavy atom. The Kier molecular flexibility index (Phi) is 1.98. The third-order valence-corrected chi connectivity index (χ3v) is 3.08. The highest BCUT2D eigenvalue weighted by atomic mass is 32.1. The van der Waals surface area contributed by atoms with E-state index in [4.69, 9.17) is 5.26 Å². The van der Waals surface area contributed by atoms with E-state index in [1.165, 1.54) is 11.3 Å². The zero-order valence-electron chi connectivity index (χ0n) is 6.41. The maximum atomic E-state index is 13.4. The molecule has 0 radical (unpaired) electrons. The van der Waals surface area contributed by atoms with E-state index in [0.29, 0.717) is 15.2 Å². The van der Waals surface area contributed by atoms with Gasteiger partial charge >= 0.3 is 0 Å². The lowest BCUT2D eigenvalue weighted by atomic mass is 10.2. The summed E-state index contributed by atoms with van der Waals surface area (Å²) in [7, 11) is 0. The van der Waals surface area contributed by atoms with E-state index in [2.05, 4.69) is 12.6 Å². The van der Waals surface area contributed by atoms with Crippen molar-refractivity contribution in [3.63, 3.8) is 0 Å². The molecule has 0 N–H and O–H groups in total. The molecule has 0 saturated heterocycles. The van der Waals surface area contributed by atoms with Gasteiger partial charge in [-0.05, 0) is 18.2 Å². The van der Waals surface area contributed by atoms with Crippen molar-refractivity contribution in [3.05, 3.63) is 28.9 Å². The zero-order chi connectivity index (χ0) is 9.42. The van der Waals surface area contributed by atoms with Crippen LogP contribution < -0.4 is 0 Å². The summed E-state index contributed by atoms with van der Waals surface area (Å²) >= 11 is 5.24. The van der Waals surface area contributed by atoms with Crippen molar-refractivity contribution in [1.82, 2.24) is 0 Å². The molecular weight excluding hydrogens is 205 g/mol. The lowest BCUT2D eigenvalue weighted by molar-refractivity contribution is 0.615. The van der Waals surface area contributed by atoms with Gasteiger partial charge in [0.1, 0.15) is 16.8 Å². The second-order valence-corrected chi connectivity index (χ2v) is 4.10. The number of halogens is 1. The number of nitrogens with zero attached hydrogens (tertiary/aromatic N) is 1. The predicted octanol–water partition coefficient (Wildman–Crippen LogP) is 3.20. The summed E-state index contributed by atoms with van der Waals surface area (Å²) < 4.78 is 14.2. The molecule has 0 bridgehead atoms. The van der Waals surface area contributed by atoms with E-state index in [0.717, 1.165) is 4.70 Å². The molecular formula is C9H4FNS2. The quantitative estimate of drug-likeness (QED) is 0.662. The van der Waals surface area contributed by atoms with Gasteiger partial charge in [-0.1, -0.05) is 0 Å². The number of nitriles is 1. The molecule has 0 aliphatic rings. The smallest absolute Gasteiger partial charge is 0.145 e. The molecule has 1 aromatic carbocycles. The lowest BCUT2D eigenvalue weighted by Gasteiger charge is -1.94. The van der Waals surface area contributed by atoms with Gasteiger partial charge in [0.2, 0.25) is 0 Å². The highest BCUT2D eigenvalue weighted by Gasteiger charge is 2.08. The number of rotatable bonds is 0. The predicted molar refractivity (Wildman–Crippen MR) is 53.8 cm³/mol. The van der Waals surface area contributed by atoms with Crippen LogP contribution in [0.5, 0.6) is 0 Å². The summed E-state index contributed by atoms with van der Waals surface area (Å²) in [4.78, 5) is 0.836. The van der Waals surface area contributed by atoms with Crippen LogP contribution in [-0.2, 0) is 0 Å². The lowest BCUT2D eigenvalue weighted by Crippen LogP contribution is -1.76. The van der Waals surface area contributed by atoms with Gasteiger partial charge in [0, 0.05) is 15.0 Å². The first-order valence-electron chi connectivity index (χ1n) is 3.53. The molecule has 2 rings (SSSR count). The molecule has 1 aromatic heterocycles. The summed E-state index contributed by atoms with van der Waals surface area (Å²) in [6.45, 7) is 0. The van der Waals surface area contributed by atoms with Crippen LogP contribution in [0.4, 0.5) is 4.39 Å². The molecule has 0 amide bonds. The third kappa shape index (κ3) is 1.30. The Bertz CT molecular complexity index is 510. The van der Waals surface area contributed by atoms with Crippen LogP contribution in [0, 0.1) is 17.1 Å². The Labute approximate surface area is 83.8 Å². The molecule has 4 heteroatoms. The number of hydrogen-bond acceptors (Lipinski definition) is 3. The number of fused-ring (bicyclic) bond motifs is 1. The number of thiophene rings is 1. The molecule has 0 fully saturated rings. The molecule has 0 aliphatic carbocycles. The first kappa shape index (κ1) is 8.54. The van der Waals surface area contributed by atoms with Crippen LogP contribution in [0.1, 0.15) is 4.88 Å². The SMILES string of the molecule is N#Cc1cc2c(F)c(S)ccc2s1. The highest BCUT2D eigenvalue weighted by molar-refractivity contribution is 7.80. The standard InChI is InChI=1S/C9H4FNS2/c10-9-6-3-5(4-11)13-8(6)2-1-7(9)12/h1-3,12H. The normalized spacial score (nSPS) is 10.2. The minimum atomic E-state index is -0.349. The first-order valence-corrected chi connectivity index (χ1v) is 4.80. The second-order valence-electron chi connectivity index (χ2n) is 2.53. The monoisotopic (exact) mass is 209 g/mol. The summed E-state index contributed by atoms with van der Waals surface area (Å²) in [6.07, 6.45) is 0. The van der Waals surface area contributed by atoms with Crippen LogP contribution in [0.15, 0.2) is 23.1 Å². The Morgan fingerprint density at radius 1 is 1.46 bits per heavy atom. The maximum absolute atomic E-state index is 13.4. The Hall–Kier alpha value is -1.05. The van der Waals surface area contributed by atoms with Crippen molar-refractivity contribution >= 4 is 34.1 Å². The summed E-state index contributed by atoms with van der Waals surface area (Å²) in [5, 5.41) is 9.10. The van der Waals surface area contributed by atoms with Crippen molar-refractivity contribution in [3.8, 4) is 6.07 Å². The largest absolute Gasteiger partial charge is 0.205 e. The average molecular weight is 209 g/mol. The molecule has 1 heterocycles. The molecule has 1 nitrogen and oxygen atoms in total. The highest BCUT2D eigenvalue weighted by Crippen LogP contribution is 2.30. The maximum Gasteiger partial charge on any atom is 0.145 e. The van der Waals surface area contributed by atoms with Gasteiger partial charge in [0.15, 0.2) is 0 Å². The average Bonchev–Trinajstić information content (AvgIpc) is 2.55. The summed E-state index contributed by atoms with van der Waals surface area (Å²) in [5.74, 6) is -0.349. The van der Waals surface area contributed by atoms with Crippen molar-refractivity contribution in [2.24, 2.45) is 0 Å². The molecule has 0 saturated carbocycles. The molecule has 0 unspecified atom stereocenters. The third-order valence-electron chi connectivity index (χ3n) is 1.72. The van der Waals surface area contributed by atoms with Crippen LogP contribution in [-0.4, -0.2) is 0 Å². The van der Waals surface area contributed by atoms with Gasteiger partial charge < -0.3 is 0 Å². The number of thiol groups is 1. The van der Waals surface area contributed by atoms with Crippen LogP contribution >= 0.6 is 24.0 Å². The molecule has 0 aliphatic heterocycles. The van der Waals surface area contributed by atoms with Gasteiger partial charge in [-0.15, -0.1) is 24.0 Å². The fraction of sp³-hybridized carbons (Fsp3) is 0. The molecule has 0 atom stereocenters. The van der Waals surface area contributed by atoms with Gasteiger partial charge in [0.05, 0.1) is 0 Å². The minimum Gasteiger partial charge on any atom is -0.205 e. The molecule has 13 heavy (non-hydrogen) atoms. The van der Waals surface area contributed by atoms with E-state index in [9.17, 15) is 4.39 Å². The van der Waals surface area contributed by atoms with Crippen LogP contribution in [0.25, 0.3) is 10.1 Å². The Balaban J connectivity index is 2.86. The summed E-state index contributed by atoms with van der Waals surface area (Å²) in [5.41, 5.74) is 0. The van der Waals surface area contributed by atoms with E-state index in [1.54, 1.807) is 18.2 Å². The van der Waals surface area contributed by atoms with Crippen molar-refractivity contribution in [2.75, 3.05) is 0 Å². The van der Waals surface area contributed by atoms with Gasteiger partial charge in [0.25, 0.3) is 0 Å². The van der Waals surface area contributed by atoms with Crippen molar-refractivity contribution in [2.45, 2.75) is 4.90 Å². The molecule has 0 spiro atoms. The fourth-order valence-electron chi connectivity index (χ4n) is 1.12. The second kappa shape index (κ2) is 3.02. The molecule has 2 aromatic rings. The molecule has 64 valence electrons. The van der Waals surface area contributed by atoms with E-state index >= 15 is 0 Å². The first-order chi connectivity index (χ1) is 6.22. The van der Waals surface area contributed by atoms with Crippen LogP contribution in [0.3, 0.4) is 0 Å². The number of hydrogen-bond donors (Lipinski definition) is 1. The van der Waals surface area contributed by atoms with E-state index in [1.807, 2.05) is 6.07 Å². The minimum absolute atomic E-state index is 0.315. The summed E-state index contributed by atoms with van der Waals surface area (Å²) in [6, 6.07) is 6.91. The van der Waals surface area contributed by atoms with Gasteiger partial charge in [-0.25, -0.2) is 4.39 Å². The van der Waals surface area contributed by atoms with Gasteiger partial charge in [-0.3, -0.25) is 0 Å². The van der Waals surface area contributed by atoms with Gasteiger partial charge in [-0.2, -0.15) is 5.26 Å². The Morgan fingerprint density at radius 2 is 2.23 bits per heavy atom. The van der Waals surface area contributed by atoms with E-state index < -0.39 is 0 Å². The van der Waals surface area contributed by atoms with E-state index in [-0.39, 0.29) is 5.82 Å².